The molecule has 0 bridgehead atoms. The number of nitrogen functional groups attached to an aromatic ring is 1. The molecule has 0 spiro atoms. The highest BCUT2D eigenvalue weighted by molar-refractivity contribution is 6.02. The topological polar surface area (TPSA) is 101 Å². The molecule has 1 saturated carbocycles. The number of carbonyl (C=O) groups is 1. The zero-order valence-electron chi connectivity index (χ0n) is 14.8. The van der Waals surface area contributed by atoms with Crippen molar-refractivity contribution in [1.29, 1.82) is 0 Å². The second kappa shape index (κ2) is 5.75. The summed E-state index contributed by atoms with van der Waals surface area (Å²) in [6, 6.07) is 5.32. The molecule has 7 nitrogen and oxygen atoms in total. The van der Waals surface area contributed by atoms with Crippen LogP contribution in [0.4, 0.5) is 20.3 Å². The first-order valence-electron chi connectivity index (χ1n) is 8.79. The first kappa shape index (κ1) is 16.7. The maximum atomic E-state index is 14.6. The second-order valence-electron chi connectivity index (χ2n) is 7.05. The Kier molecular flexibility index (Phi) is 3.42. The van der Waals surface area contributed by atoms with E-state index in [1.54, 1.807) is 36.0 Å². The first-order valence-corrected chi connectivity index (χ1v) is 8.79. The summed E-state index contributed by atoms with van der Waals surface area (Å²) < 4.78 is 29.2. The number of fused-ring (bicyclic) bond motifs is 2. The number of nitrogens with zero attached hydrogens (tertiary/aromatic N) is 3. The Balaban J connectivity index is 1.58. The Hall–Kier alpha value is -3.49. The number of alkyl halides is 1. The largest absolute Gasteiger partial charge is 0.395 e. The van der Waals surface area contributed by atoms with Crippen LogP contribution in [0.25, 0.3) is 27.5 Å². The molecule has 1 aliphatic carbocycles. The number of H-pyrrole nitrogens is 1. The normalized spacial score (nSPS) is 18.7. The predicted molar refractivity (Wildman–Crippen MR) is 101 cm³/mol. The highest BCUT2D eigenvalue weighted by Crippen LogP contribution is 2.37. The highest BCUT2D eigenvalue weighted by Gasteiger charge is 2.43. The van der Waals surface area contributed by atoms with Crippen molar-refractivity contribution in [2.45, 2.75) is 19.5 Å². The van der Waals surface area contributed by atoms with Gasteiger partial charge in [0.15, 0.2) is 11.6 Å². The lowest BCUT2D eigenvalue weighted by Crippen LogP contribution is -2.15. The van der Waals surface area contributed by atoms with E-state index in [-0.39, 0.29) is 18.0 Å². The minimum atomic E-state index is -1.07. The summed E-state index contributed by atoms with van der Waals surface area (Å²) in [6.45, 7) is 1.67. The van der Waals surface area contributed by atoms with Crippen molar-refractivity contribution in [1.82, 2.24) is 19.8 Å². The average molecular weight is 382 g/mol. The van der Waals surface area contributed by atoms with Crippen LogP contribution in [0.1, 0.15) is 12.0 Å². The molecule has 0 unspecified atom stereocenters. The van der Waals surface area contributed by atoms with Gasteiger partial charge in [-0.05, 0) is 42.2 Å². The molecule has 1 amide bonds. The zero-order valence-corrected chi connectivity index (χ0v) is 14.8. The highest BCUT2D eigenvalue weighted by atomic mass is 19.1. The van der Waals surface area contributed by atoms with Gasteiger partial charge in [-0.1, -0.05) is 0 Å². The van der Waals surface area contributed by atoms with Crippen molar-refractivity contribution in [2.75, 3.05) is 11.1 Å². The maximum Gasteiger partial charge on any atom is 0.231 e. The Labute approximate surface area is 157 Å². The van der Waals surface area contributed by atoms with Gasteiger partial charge in [0.25, 0.3) is 0 Å². The number of aromatic nitrogens is 4. The van der Waals surface area contributed by atoms with Crippen LogP contribution in [-0.4, -0.2) is 31.9 Å². The lowest BCUT2D eigenvalue weighted by Gasteiger charge is -2.11. The molecular weight excluding hydrogens is 366 g/mol. The standard InChI is InChI=1S/C19H16F2N6O/c1-8-15(12-7-23-25-18(12)17(22)16(8)21)9-2-3-27-10(4-9)5-14(26-27)24-19(28)11-6-13(11)20/h2-5,7,11,13H,6,22H2,1H3,(H,23,25)(H,24,26,28)/t11-,13+/m1/s1. The fraction of sp³-hybridized carbons (Fsp3) is 0.211. The lowest BCUT2D eigenvalue weighted by atomic mass is 9.96. The minimum absolute atomic E-state index is 0.0374. The van der Waals surface area contributed by atoms with Crippen molar-refractivity contribution < 1.29 is 13.6 Å². The molecule has 1 fully saturated rings. The molecule has 1 aliphatic rings. The van der Waals surface area contributed by atoms with Gasteiger partial charge < -0.3 is 11.1 Å². The number of anilines is 2. The predicted octanol–water partition coefficient (Wildman–Crippen LogP) is 3.20. The summed E-state index contributed by atoms with van der Waals surface area (Å²) in [7, 11) is 0. The summed E-state index contributed by atoms with van der Waals surface area (Å²) in [6.07, 6.45) is 2.52. The number of rotatable bonds is 3. The van der Waals surface area contributed by atoms with Crippen LogP contribution in [-0.2, 0) is 4.79 Å². The summed E-state index contributed by atoms with van der Waals surface area (Å²) in [4.78, 5) is 11.9. The van der Waals surface area contributed by atoms with Crippen LogP contribution >= 0.6 is 0 Å². The van der Waals surface area contributed by atoms with Gasteiger partial charge in [0.2, 0.25) is 5.91 Å². The van der Waals surface area contributed by atoms with Crippen LogP contribution in [0.15, 0.2) is 30.6 Å². The second-order valence-corrected chi connectivity index (χ2v) is 7.05. The van der Waals surface area contributed by atoms with E-state index in [1.807, 2.05) is 6.07 Å². The number of nitrogens with two attached hydrogens (primary N) is 1. The molecule has 28 heavy (non-hydrogen) atoms. The number of hydrogen-bond donors (Lipinski definition) is 3. The van der Waals surface area contributed by atoms with E-state index < -0.39 is 17.9 Å². The molecule has 0 aliphatic heterocycles. The monoisotopic (exact) mass is 382 g/mol. The maximum absolute atomic E-state index is 14.6. The fourth-order valence-electron chi connectivity index (χ4n) is 3.54. The van der Waals surface area contributed by atoms with E-state index in [2.05, 4.69) is 20.6 Å². The van der Waals surface area contributed by atoms with Gasteiger partial charge in [-0.3, -0.25) is 9.89 Å². The van der Waals surface area contributed by atoms with Crippen molar-refractivity contribution in [3.8, 4) is 11.1 Å². The fourth-order valence-corrected chi connectivity index (χ4v) is 3.54. The summed E-state index contributed by atoms with van der Waals surface area (Å²) >= 11 is 0. The molecule has 0 saturated heterocycles. The molecule has 3 aromatic heterocycles. The van der Waals surface area contributed by atoms with E-state index in [1.165, 1.54) is 0 Å². The molecule has 9 heteroatoms. The first-order chi connectivity index (χ1) is 13.4. The molecule has 4 N–H and O–H groups in total. The van der Waals surface area contributed by atoms with Crippen molar-refractivity contribution in [2.24, 2.45) is 5.92 Å². The molecule has 5 rings (SSSR count). The van der Waals surface area contributed by atoms with Gasteiger partial charge >= 0.3 is 0 Å². The summed E-state index contributed by atoms with van der Waals surface area (Å²) in [5.41, 5.74) is 8.92. The van der Waals surface area contributed by atoms with Gasteiger partial charge in [0.05, 0.1) is 28.8 Å². The molecule has 142 valence electrons. The molecule has 1 aromatic carbocycles. The third-order valence-corrected chi connectivity index (χ3v) is 5.17. The Morgan fingerprint density at radius 1 is 1.43 bits per heavy atom. The number of aromatic amines is 1. The number of nitrogens with one attached hydrogen (secondary N) is 2. The quantitative estimate of drug-likeness (QED) is 0.474. The van der Waals surface area contributed by atoms with E-state index in [9.17, 15) is 13.6 Å². The third kappa shape index (κ3) is 2.43. The van der Waals surface area contributed by atoms with Gasteiger partial charge in [-0.2, -0.15) is 10.2 Å². The Morgan fingerprint density at radius 3 is 2.96 bits per heavy atom. The van der Waals surface area contributed by atoms with Crippen LogP contribution in [0.3, 0.4) is 0 Å². The SMILES string of the molecule is Cc1c(F)c(N)c2[nH]ncc2c1-c1ccn2nc(NC(=O)[C@@H]3C[C@@H]3F)cc2c1. The van der Waals surface area contributed by atoms with Gasteiger partial charge in [-0.15, -0.1) is 0 Å². The number of pyridine rings is 1. The van der Waals surface area contributed by atoms with Crippen molar-refractivity contribution >= 4 is 33.8 Å². The Morgan fingerprint density at radius 2 is 2.21 bits per heavy atom. The molecule has 3 heterocycles. The van der Waals surface area contributed by atoms with Gasteiger partial charge in [0, 0.05) is 17.6 Å². The minimum Gasteiger partial charge on any atom is -0.395 e. The third-order valence-electron chi connectivity index (χ3n) is 5.17. The van der Waals surface area contributed by atoms with E-state index >= 15 is 0 Å². The number of carbonyl (C=O) groups excluding carboxylic acids is 1. The Bertz CT molecular complexity index is 1260. The van der Waals surface area contributed by atoms with E-state index in [0.717, 1.165) is 10.9 Å². The zero-order chi connectivity index (χ0) is 19.6. The van der Waals surface area contributed by atoms with Gasteiger partial charge in [-0.25, -0.2) is 13.3 Å². The molecule has 2 atom stereocenters. The summed E-state index contributed by atoms with van der Waals surface area (Å²) in [5.74, 6) is -1.10. The number of halogens is 2. The van der Waals surface area contributed by atoms with Crippen LogP contribution in [0.2, 0.25) is 0 Å². The molecule has 0 radical (unpaired) electrons. The molecular formula is C19H16F2N6O. The molecule has 4 aromatic rings. The van der Waals surface area contributed by atoms with E-state index in [4.69, 9.17) is 5.73 Å². The smallest absolute Gasteiger partial charge is 0.231 e. The van der Waals surface area contributed by atoms with Crippen molar-refractivity contribution in [3.63, 3.8) is 0 Å². The number of amides is 1. The number of benzene rings is 1. The number of hydrogen-bond acceptors (Lipinski definition) is 4. The van der Waals surface area contributed by atoms with Crippen LogP contribution in [0.5, 0.6) is 0 Å². The van der Waals surface area contributed by atoms with Crippen LogP contribution in [0, 0.1) is 18.7 Å². The van der Waals surface area contributed by atoms with E-state index in [0.29, 0.717) is 28.0 Å². The van der Waals surface area contributed by atoms with Gasteiger partial charge in [0.1, 0.15) is 6.17 Å². The van der Waals surface area contributed by atoms with Crippen molar-refractivity contribution in [3.05, 3.63) is 42.0 Å². The lowest BCUT2D eigenvalue weighted by molar-refractivity contribution is -0.117. The summed E-state index contributed by atoms with van der Waals surface area (Å²) in [5, 5.41) is 14.4. The van der Waals surface area contributed by atoms with Crippen LogP contribution < -0.4 is 11.1 Å². The average Bonchev–Trinajstić information content (AvgIpc) is 3.06.